The first kappa shape index (κ1) is 19.0. The van der Waals surface area contributed by atoms with Crippen molar-refractivity contribution >= 4 is 14.8 Å². The molecule has 0 saturated heterocycles. The summed E-state index contributed by atoms with van der Waals surface area (Å²) < 4.78 is 3.86. The molecule has 0 bridgehead atoms. The average molecular weight is 262 g/mol. The molecule has 0 heterocycles. The van der Waals surface area contributed by atoms with Crippen LogP contribution in [0.4, 0.5) is 0 Å². The molecule has 0 unspecified atom stereocenters. The summed E-state index contributed by atoms with van der Waals surface area (Å²) in [6.07, 6.45) is 7.50. The van der Waals surface area contributed by atoms with Gasteiger partial charge >= 0.3 is 0 Å². The molecule has 1 saturated carbocycles. The van der Waals surface area contributed by atoms with Crippen molar-refractivity contribution in [1.29, 1.82) is 0 Å². The van der Waals surface area contributed by atoms with Crippen molar-refractivity contribution in [2.75, 3.05) is 7.11 Å². The van der Waals surface area contributed by atoms with Gasteiger partial charge in [-0.3, -0.25) is 4.79 Å². The third kappa shape index (κ3) is 13.6. The summed E-state index contributed by atoms with van der Waals surface area (Å²) in [5.41, 5.74) is 0. The summed E-state index contributed by atoms with van der Waals surface area (Å²) in [5, 5.41) is 0.132. The quantitative estimate of drug-likeness (QED) is 0.578. The van der Waals surface area contributed by atoms with Crippen molar-refractivity contribution in [1.82, 2.24) is 0 Å². The Morgan fingerprint density at radius 3 is 1.29 bits per heavy atom. The van der Waals surface area contributed by atoms with Crippen molar-refractivity contribution in [2.45, 2.75) is 71.0 Å². The molecule has 0 aromatic rings. The Hall–Kier alpha value is -0.353. The van der Waals surface area contributed by atoms with E-state index in [0.717, 1.165) is 0 Å². The molecular weight excluding hydrogens is 232 g/mol. The minimum Gasteiger partial charge on any atom is -0.471 e. The molecule has 0 amide bonds. The molecule has 0 radical (unpaired) electrons. The minimum absolute atomic E-state index is 0.132. The van der Waals surface area contributed by atoms with Gasteiger partial charge in [-0.1, -0.05) is 52.9 Å². The Labute approximate surface area is 108 Å². The summed E-state index contributed by atoms with van der Waals surface area (Å²) in [5.74, 6) is 0. The number of hydrogen-bond donors (Lipinski definition) is 1. The highest BCUT2D eigenvalue weighted by Gasteiger charge is 2.32. The zero-order valence-corrected chi connectivity index (χ0v) is 13.4. The molecule has 1 fully saturated rings. The van der Waals surface area contributed by atoms with E-state index in [4.69, 9.17) is 4.79 Å². The molecule has 1 N–H and O–H groups in total. The average Bonchev–Trinajstić information content (AvgIpc) is 2.73. The number of hydrogen-bond acceptors (Lipinski definition) is 3. The van der Waals surface area contributed by atoms with Gasteiger partial charge in [0.15, 0.2) is 8.32 Å². The maximum Gasteiger partial charge on any atom is 0.292 e. The van der Waals surface area contributed by atoms with Crippen molar-refractivity contribution in [3.05, 3.63) is 0 Å². The van der Waals surface area contributed by atoms with Gasteiger partial charge in [0.05, 0.1) is 7.11 Å². The van der Waals surface area contributed by atoms with Gasteiger partial charge in [-0.25, -0.2) is 0 Å². The van der Waals surface area contributed by atoms with Crippen LogP contribution >= 0.6 is 0 Å². The van der Waals surface area contributed by atoms with Crippen molar-refractivity contribution < 1.29 is 14.3 Å². The van der Waals surface area contributed by atoms with Gasteiger partial charge in [0, 0.05) is 0 Å². The molecule has 0 aromatic heterocycles. The third-order valence-electron chi connectivity index (χ3n) is 3.18. The first-order valence-electron chi connectivity index (χ1n) is 6.35. The number of rotatable bonds is 1. The van der Waals surface area contributed by atoms with E-state index < -0.39 is 8.32 Å². The van der Waals surface area contributed by atoms with Gasteiger partial charge in [-0.05, 0) is 18.1 Å². The van der Waals surface area contributed by atoms with E-state index in [1.165, 1.54) is 39.2 Å². The largest absolute Gasteiger partial charge is 0.471 e. The summed E-state index contributed by atoms with van der Waals surface area (Å²) >= 11 is 0. The topological polar surface area (TPSA) is 46.5 Å². The lowest BCUT2D eigenvalue weighted by Crippen LogP contribution is -2.36. The van der Waals surface area contributed by atoms with Crippen LogP contribution in [0.5, 0.6) is 0 Å². The fourth-order valence-corrected chi connectivity index (χ4v) is 0.884. The molecule has 0 spiro atoms. The smallest absolute Gasteiger partial charge is 0.292 e. The lowest BCUT2D eigenvalue weighted by Gasteiger charge is -2.30. The summed E-state index contributed by atoms with van der Waals surface area (Å²) in [6.45, 7) is 10.6. The highest BCUT2D eigenvalue weighted by molar-refractivity contribution is 6.72. The van der Waals surface area contributed by atoms with Crippen molar-refractivity contribution in [3.8, 4) is 0 Å². The standard InChI is InChI=1S/C6H16OSi.C5H10.C2H4O2/c1-6(2,3)8(4,5)7;1-2-4-5-3-1;1-4-2-3/h7H,1-5H3;1-5H2;2H,1H3. The number of ether oxygens (including phenoxy) is 1. The number of carbonyl (C=O) groups excluding carboxylic acids is 1. The molecule has 1 rings (SSSR count). The van der Waals surface area contributed by atoms with Crippen LogP contribution in [0.1, 0.15) is 52.9 Å². The fraction of sp³-hybridized carbons (Fsp3) is 0.923. The molecule has 1 aliphatic carbocycles. The lowest BCUT2D eigenvalue weighted by atomic mass is 10.2. The Kier molecular flexibility index (Phi) is 10.8. The molecule has 17 heavy (non-hydrogen) atoms. The normalized spacial score (nSPS) is 15.0. The van der Waals surface area contributed by atoms with E-state index in [1.54, 1.807) is 0 Å². The van der Waals surface area contributed by atoms with Crippen LogP contribution in [-0.4, -0.2) is 26.7 Å². The van der Waals surface area contributed by atoms with Crippen molar-refractivity contribution in [2.24, 2.45) is 0 Å². The summed E-state index contributed by atoms with van der Waals surface area (Å²) in [4.78, 5) is 18.4. The molecule has 0 aliphatic heterocycles. The summed E-state index contributed by atoms with van der Waals surface area (Å²) in [6, 6.07) is 0. The zero-order valence-electron chi connectivity index (χ0n) is 12.4. The maximum atomic E-state index is 9.49. The molecule has 4 heteroatoms. The summed E-state index contributed by atoms with van der Waals surface area (Å²) in [7, 11) is -0.546. The molecule has 0 aromatic carbocycles. The second-order valence-electron chi connectivity index (χ2n) is 5.91. The highest BCUT2D eigenvalue weighted by atomic mass is 28.4. The Morgan fingerprint density at radius 1 is 1.06 bits per heavy atom. The van der Waals surface area contributed by atoms with Gasteiger partial charge < -0.3 is 9.53 Å². The van der Waals surface area contributed by atoms with Crippen molar-refractivity contribution in [3.63, 3.8) is 0 Å². The van der Waals surface area contributed by atoms with Crippen LogP contribution in [0.3, 0.4) is 0 Å². The SMILES string of the molecule is C1CCCC1.CC(C)(C)[Si](C)(C)O.COC=O. The third-order valence-corrected chi connectivity index (χ3v) is 6.85. The lowest BCUT2D eigenvalue weighted by molar-refractivity contribution is -0.126. The van der Waals surface area contributed by atoms with Gasteiger partial charge in [-0.2, -0.15) is 0 Å². The zero-order chi connectivity index (χ0) is 13.9. The van der Waals surface area contributed by atoms with E-state index in [2.05, 4.69) is 25.5 Å². The van der Waals surface area contributed by atoms with E-state index >= 15 is 0 Å². The fourth-order valence-electron chi connectivity index (χ4n) is 0.884. The second-order valence-corrected chi connectivity index (χ2v) is 10.5. The molecule has 104 valence electrons. The van der Waals surface area contributed by atoms with Crippen LogP contribution < -0.4 is 0 Å². The Balaban J connectivity index is 0. The predicted molar refractivity (Wildman–Crippen MR) is 75.6 cm³/mol. The number of carbonyl (C=O) groups is 1. The Morgan fingerprint density at radius 2 is 1.24 bits per heavy atom. The highest BCUT2D eigenvalue weighted by Crippen LogP contribution is 2.33. The monoisotopic (exact) mass is 262 g/mol. The van der Waals surface area contributed by atoms with Crippen LogP contribution in [-0.2, 0) is 9.53 Å². The Bertz CT molecular complexity index is 156. The van der Waals surface area contributed by atoms with Gasteiger partial charge in [0.25, 0.3) is 6.47 Å². The van der Waals surface area contributed by atoms with Gasteiger partial charge in [-0.15, -0.1) is 0 Å². The van der Waals surface area contributed by atoms with Crippen LogP contribution in [0.15, 0.2) is 0 Å². The van der Waals surface area contributed by atoms with E-state index in [0.29, 0.717) is 6.47 Å². The second kappa shape index (κ2) is 9.65. The molecule has 1 aliphatic rings. The predicted octanol–water partition coefficient (Wildman–Crippen LogP) is 3.72. The van der Waals surface area contributed by atoms with Crippen LogP contribution in [0.25, 0.3) is 0 Å². The first-order valence-corrected chi connectivity index (χ1v) is 9.30. The van der Waals surface area contributed by atoms with Gasteiger partial charge in [0.1, 0.15) is 0 Å². The van der Waals surface area contributed by atoms with E-state index in [9.17, 15) is 4.80 Å². The minimum atomic E-state index is -1.86. The molecular formula is C13H30O3Si. The maximum absolute atomic E-state index is 9.49. The van der Waals surface area contributed by atoms with Gasteiger partial charge in [0.2, 0.25) is 0 Å². The molecule has 3 nitrogen and oxygen atoms in total. The molecule has 0 atom stereocenters. The van der Waals surface area contributed by atoms with Crippen LogP contribution in [0, 0.1) is 0 Å². The van der Waals surface area contributed by atoms with Crippen LogP contribution in [0.2, 0.25) is 18.1 Å². The number of methoxy groups -OCH3 is 1. The van der Waals surface area contributed by atoms with E-state index in [1.807, 2.05) is 13.1 Å². The first-order chi connectivity index (χ1) is 7.66. The van der Waals surface area contributed by atoms with E-state index in [-0.39, 0.29) is 5.04 Å².